The number of para-hydroxylation sites is 1. The van der Waals surface area contributed by atoms with Crippen molar-refractivity contribution in [3.8, 4) is 0 Å². The molecule has 2 atom stereocenters. The molecule has 0 amide bonds. The molecule has 0 saturated heterocycles. The number of carbonyl (C=O) groups is 1. The molecule has 2 aromatic carbocycles. The van der Waals surface area contributed by atoms with Gasteiger partial charge in [-0.2, -0.15) is 0 Å². The summed E-state index contributed by atoms with van der Waals surface area (Å²) in [7, 11) is 0. The Morgan fingerprint density at radius 2 is 2.00 bits per heavy atom. The van der Waals surface area contributed by atoms with Gasteiger partial charge in [-0.25, -0.2) is 0 Å². The second-order valence-electron chi connectivity index (χ2n) is 6.72. The Hall–Kier alpha value is -2.59. The molecule has 122 valence electrons. The Balaban J connectivity index is 1.94. The van der Waals surface area contributed by atoms with Gasteiger partial charge in [-0.15, -0.1) is 0 Å². The number of carbonyl (C=O) groups excluding carboxylic acids is 1. The Kier molecular flexibility index (Phi) is 3.43. The molecule has 1 aliphatic heterocycles. The van der Waals surface area contributed by atoms with Crippen molar-refractivity contribution >= 4 is 16.9 Å². The van der Waals surface area contributed by atoms with Crippen molar-refractivity contribution in [1.82, 2.24) is 4.98 Å². The van der Waals surface area contributed by atoms with E-state index in [-0.39, 0.29) is 6.04 Å². The standard InChI is InChI=1S/C20H20N2O2/c1-11-7-8-12(2)14(9-11)18-19-15(10-17(22-18)20(23)24)13-5-3-4-6-16(13)21-19/h3-9,17-18,21-22H,10H2,1-2H3,(H,23,24)/t17-,18-/m0/s1. The van der Waals surface area contributed by atoms with Crippen LogP contribution in [0.4, 0.5) is 0 Å². The summed E-state index contributed by atoms with van der Waals surface area (Å²) in [6, 6.07) is 13.8. The summed E-state index contributed by atoms with van der Waals surface area (Å²) in [5.74, 6) is -0.999. The van der Waals surface area contributed by atoms with E-state index < -0.39 is 12.0 Å². The van der Waals surface area contributed by atoms with Crippen molar-refractivity contribution in [3.63, 3.8) is 0 Å². The van der Waals surface area contributed by atoms with Crippen LogP contribution in [0.1, 0.15) is 34.0 Å². The first-order valence-corrected chi connectivity index (χ1v) is 8.27. The van der Waals surface area contributed by atoms with Crippen LogP contribution in [0, 0.1) is 13.8 Å². The van der Waals surface area contributed by atoms with E-state index >= 15 is 0 Å². The number of aromatic nitrogens is 1. The van der Waals surface area contributed by atoms with Crippen molar-refractivity contribution < 1.29 is 15.2 Å². The average molecular weight is 320 g/mol. The lowest BCUT2D eigenvalue weighted by Crippen LogP contribution is -2.95. The molecule has 2 heterocycles. The van der Waals surface area contributed by atoms with Crippen LogP contribution in [-0.4, -0.2) is 17.0 Å². The SMILES string of the molecule is Cc1ccc(C)c([C@@H]2[NH2+][C@H](C(=O)[O-])Cc3c2[nH]c2ccccc32)c1. The number of nitrogens with two attached hydrogens (primary N) is 1. The molecular weight excluding hydrogens is 300 g/mol. The van der Waals surface area contributed by atoms with E-state index in [4.69, 9.17) is 0 Å². The van der Waals surface area contributed by atoms with Gasteiger partial charge >= 0.3 is 0 Å². The lowest BCUT2D eigenvalue weighted by molar-refractivity contribution is -0.717. The van der Waals surface area contributed by atoms with Gasteiger partial charge in [-0.3, -0.25) is 0 Å². The quantitative estimate of drug-likeness (QED) is 0.742. The molecule has 0 bridgehead atoms. The van der Waals surface area contributed by atoms with Crippen molar-refractivity contribution in [1.29, 1.82) is 0 Å². The summed E-state index contributed by atoms with van der Waals surface area (Å²) in [6.45, 7) is 4.14. The maximum absolute atomic E-state index is 11.6. The number of carboxylic acids is 1. The molecule has 0 fully saturated rings. The lowest BCUT2D eigenvalue weighted by Gasteiger charge is -2.29. The normalized spacial score (nSPS) is 20.1. The van der Waals surface area contributed by atoms with E-state index in [0.29, 0.717) is 6.42 Å². The van der Waals surface area contributed by atoms with Crippen LogP contribution in [0.25, 0.3) is 10.9 Å². The van der Waals surface area contributed by atoms with Crippen molar-refractivity contribution in [3.05, 3.63) is 70.4 Å². The molecular formula is C20H20N2O2. The van der Waals surface area contributed by atoms with E-state index in [0.717, 1.165) is 27.7 Å². The maximum atomic E-state index is 11.6. The largest absolute Gasteiger partial charge is 0.544 e. The summed E-state index contributed by atoms with van der Waals surface area (Å²) in [5.41, 5.74) is 6.79. The number of hydrogen-bond acceptors (Lipinski definition) is 2. The number of aryl methyl sites for hydroxylation is 2. The van der Waals surface area contributed by atoms with E-state index in [2.05, 4.69) is 43.1 Å². The molecule has 0 aliphatic carbocycles. The smallest absolute Gasteiger partial charge is 0.153 e. The first kappa shape index (κ1) is 15.0. The number of aliphatic carboxylic acids is 1. The van der Waals surface area contributed by atoms with Gasteiger partial charge in [0.05, 0.1) is 11.7 Å². The van der Waals surface area contributed by atoms with E-state index in [1.165, 1.54) is 11.1 Å². The summed E-state index contributed by atoms with van der Waals surface area (Å²) >= 11 is 0. The summed E-state index contributed by atoms with van der Waals surface area (Å²) in [6.07, 6.45) is 0.489. The maximum Gasteiger partial charge on any atom is 0.153 e. The van der Waals surface area contributed by atoms with Gasteiger partial charge in [0, 0.05) is 22.9 Å². The summed E-state index contributed by atoms with van der Waals surface area (Å²) < 4.78 is 0. The number of hydrogen-bond donors (Lipinski definition) is 2. The number of nitrogens with one attached hydrogen (secondary N) is 1. The van der Waals surface area contributed by atoms with Crippen LogP contribution in [0.2, 0.25) is 0 Å². The van der Waals surface area contributed by atoms with Gasteiger partial charge in [0.15, 0.2) is 6.04 Å². The first-order chi connectivity index (χ1) is 11.5. The van der Waals surface area contributed by atoms with Gasteiger partial charge in [0.25, 0.3) is 0 Å². The van der Waals surface area contributed by atoms with Gasteiger partial charge in [0.1, 0.15) is 6.04 Å². The highest BCUT2D eigenvalue weighted by Gasteiger charge is 2.35. The predicted molar refractivity (Wildman–Crippen MR) is 90.5 cm³/mol. The number of H-pyrrole nitrogens is 1. The monoisotopic (exact) mass is 320 g/mol. The molecule has 3 N–H and O–H groups in total. The number of carboxylic acid groups (broad SMARTS) is 1. The van der Waals surface area contributed by atoms with Gasteiger partial charge in [-0.05, 0) is 37.1 Å². The minimum atomic E-state index is -0.999. The fourth-order valence-corrected chi connectivity index (χ4v) is 3.84. The minimum absolute atomic E-state index is 0.0519. The first-order valence-electron chi connectivity index (χ1n) is 8.27. The van der Waals surface area contributed by atoms with Gasteiger partial charge in [0.2, 0.25) is 0 Å². The average Bonchev–Trinajstić information content (AvgIpc) is 2.95. The Labute approximate surface area is 140 Å². The summed E-state index contributed by atoms with van der Waals surface area (Å²) in [5, 5.41) is 14.6. The van der Waals surface area contributed by atoms with Crippen LogP contribution in [0.3, 0.4) is 0 Å². The van der Waals surface area contributed by atoms with Crippen molar-refractivity contribution in [2.24, 2.45) is 0 Å². The zero-order chi connectivity index (χ0) is 16.8. The molecule has 0 spiro atoms. The number of benzene rings is 2. The Morgan fingerprint density at radius 3 is 2.79 bits per heavy atom. The highest BCUT2D eigenvalue weighted by molar-refractivity contribution is 5.86. The van der Waals surface area contributed by atoms with Crippen molar-refractivity contribution in [2.75, 3.05) is 0 Å². The molecule has 0 radical (unpaired) electrons. The third kappa shape index (κ3) is 2.31. The minimum Gasteiger partial charge on any atom is -0.544 e. The zero-order valence-electron chi connectivity index (χ0n) is 13.8. The molecule has 1 aliphatic rings. The van der Waals surface area contributed by atoms with Crippen molar-refractivity contribution in [2.45, 2.75) is 32.4 Å². The van der Waals surface area contributed by atoms with E-state index in [9.17, 15) is 9.90 Å². The molecule has 4 nitrogen and oxygen atoms in total. The number of aromatic amines is 1. The third-order valence-corrected chi connectivity index (χ3v) is 5.08. The second kappa shape index (κ2) is 5.49. The Morgan fingerprint density at radius 1 is 1.21 bits per heavy atom. The number of fused-ring (bicyclic) bond motifs is 3. The van der Waals surface area contributed by atoms with Crippen LogP contribution in [-0.2, 0) is 11.2 Å². The predicted octanol–water partition coefficient (Wildman–Crippen LogP) is 1.11. The van der Waals surface area contributed by atoms with E-state index in [1.807, 2.05) is 23.5 Å². The van der Waals surface area contributed by atoms with Gasteiger partial charge < -0.3 is 20.2 Å². The van der Waals surface area contributed by atoms with Crippen LogP contribution >= 0.6 is 0 Å². The van der Waals surface area contributed by atoms with Crippen LogP contribution in [0.15, 0.2) is 42.5 Å². The molecule has 0 unspecified atom stereocenters. The van der Waals surface area contributed by atoms with Crippen LogP contribution < -0.4 is 10.4 Å². The molecule has 4 heteroatoms. The summed E-state index contributed by atoms with van der Waals surface area (Å²) in [4.78, 5) is 15.1. The molecule has 24 heavy (non-hydrogen) atoms. The topological polar surface area (TPSA) is 72.5 Å². The van der Waals surface area contributed by atoms with E-state index in [1.54, 1.807) is 0 Å². The fraction of sp³-hybridized carbons (Fsp3) is 0.250. The molecule has 4 rings (SSSR count). The number of quaternary nitrogens is 1. The fourth-order valence-electron chi connectivity index (χ4n) is 3.84. The number of rotatable bonds is 2. The third-order valence-electron chi connectivity index (χ3n) is 5.08. The molecule has 0 saturated carbocycles. The van der Waals surface area contributed by atoms with Crippen LogP contribution in [0.5, 0.6) is 0 Å². The molecule has 3 aromatic rings. The highest BCUT2D eigenvalue weighted by atomic mass is 16.4. The van der Waals surface area contributed by atoms with Gasteiger partial charge in [-0.1, -0.05) is 35.9 Å². The highest BCUT2D eigenvalue weighted by Crippen LogP contribution is 2.33. The lowest BCUT2D eigenvalue weighted by atomic mass is 9.88. The Bertz CT molecular complexity index is 942. The second-order valence-corrected chi connectivity index (χ2v) is 6.72. The molecule has 1 aromatic heterocycles. The zero-order valence-corrected chi connectivity index (χ0v) is 13.8.